The highest BCUT2D eigenvalue weighted by molar-refractivity contribution is 5.49. The number of aromatic nitrogens is 3. The number of allylic oxidation sites excluding steroid dienone is 4. The molecule has 5 heteroatoms. The first kappa shape index (κ1) is 12.8. The Kier molecular flexibility index (Phi) is 1.91. The van der Waals surface area contributed by atoms with Crippen LogP contribution in [0.25, 0.3) is 0 Å². The smallest absolute Gasteiger partial charge is 0.246 e. The van der Waals surface area contributed by atoms with Crippen molar-refractivity contribution < 1.29 is 0 Å². The Labute approximate surface area is 138 Å². The minimum Gasteiger partial charge on any atom is -0.246 e. The molecule has 0 unspecified atom stereocenters. The third kappa shape index (κ3) is 1.05. The van der Waals surface area contributed by atoms with E-state index in [1.165, 1.54) is 15.7 Å². The van der Waals surface area contributed by atoms with Crippen molar-refractivity contribution in [2.45, 2.75) is 24.9 Å². The number of nitrogens with zero attached hydrogens (tertiary/aromatic N) is 3. The predicted molar refractivity (Wildman–Crippen MR) is 89.0 cm³/mol. The first-order valence-electron chi connectivity index (χ1n) is 8.45. The van der Waals surface area contributed by atoms with E-state index in [1.54, 1.807) is 16.4 Å². The van der Waals surface area contributed by atoms with Crippen LogP contribution in [0.2, 0.25) is 0 Å². The molecule has 2 aromatic rings. The van der Waals surface area contributed by atoms with Crippen LogP contribution in [0.15, 0.2) is 58.2 Å². The molecule has 0 N–H and O–H groups in total. The van der Waals surface area contributed by atoms with E-state index >= 15 is 0 Å². The minimum absolute atomic E-state index is 0.0812. The lowest BCUT2D eigenvalue weighted by atomic mass is 9.41. The zero-order valence-electron chi connectivity index (χ0n) is 13.3. The molecule has 3 heterocycles. The van der Waals surface area contributed by atoms with Crippen molar-refractivity contribution >= 4 is 0 Å². The summed E-state index contributed by atoms with van der Waals surface area (Å²) in [5.41, 5.74) is 2.16. The molecule has 3 aliphatic carbocycles. The van der Waals surface area contributed by atoms with Gasteiger partial charge in [0.15, 0.2) is 0 Å². The fourth-order valence-electron chi connectivity index (χ4n) is 5.68. The predicted octanol–water partition coefficient (Wildman–Crippen LogP) is 1.36. The van der Waals surface area contributed by atoms with Crippen LogP contribution in [0.5, 0.6) is 0 Å². The standard InChI is InChI=1S/C19H17N3O2/c1-20-16(23)21-14-6-7-15(22(21)17(20)24)19-9-8-18(14,19)10-12-4-2-3-5-13(12)11-19/h2-9,14-15H,10-11H2,1H3/t14-,15-,18-,19+/m0/s1. The third-order valence-corrected chi connectivity index (χ3v) is 6.89. The molecule has 0 saturated carbocycles. The van der Waals surface area contributed by atoms with Gasteiger partial charge in [-0.2, -0.15) is 0 Å². The third-order valence-electron chi connectivity index (χ3n) is 6.89. The van der Waals surface area contributed by atoms with Crippen LogP contribution in [0.4, 0.5) is 0 Å². The van der Waals surface area contributed by atoms with Crippen LogP contribution in [-0.4, -0.2) is 13.9 Å². The maximum Gasteiger partial charge on any atom is 0.347 e. The fraction of sp³-hybridized carbons (Fsp3) is 0.368. The van der Waals surface area contributed by atoms with Gasteiger partial charge < -0.3 is 0 Å². The van der Waals surface area contributed by atoms with E-state index in [1.807, 2.05) is 0 Å². The zero-order chi connectivity index (χ0) is 16.3. The molecule has 0 amide bonds. The van der Waals surface area contributed by atoms with E-state index in [-0.39, 0.29) is 34.3 Å². The molecule has 2 aliphatic heterocycles. The second-order valence-corrected chi connectivity index (χ2v) is 7.62. The molecule has 120 valence electrons. The van der Waals surface area contributed by atoms with Crippen LogP contribution in [0.1, 0.15) is 23.2 Å². The van der Waals surface area contributed by atoms with E-state index < -0.39 is 0 Å². The van der Waals surface area contributed by atoms with Crippen molar-refractivity contribution in [1.82, 2.24) is 13.9 Å². The summed E-state index contributed by atoms with van der Waals surface area (Å²) in [5, 5.41) is 0. The van der Waals surface area contributed by atoms with Gasteiger partial charge in [-0.05, 0) is 24.0 Å². The van der Waals surface area contributed by atoms with Crippen LogP contribution in [-0.2, 0) is 19.9 Å². The summed E-state index contributed by atoms with van der Waals surface area (Å²) >= 11 is 0. The maximum atomic E-state index is 12.7. The van der Waals surface area contributed by atoms with Gasteiger partial charge in [0.2, 0.25) is 0 Å². The highest BCUT2D eigenvalue weighted by atomic mass is 16.2. The maximum absolute atomic E-state index is 12.7. The Balaban J connectivity index is 1.69. The first-order chi connectivity index (χ1) is 11.6. The van der Waals surface area contributed by atoms with Gasteiger partial charge in [-0.15, -0.1) is 0 Å². The largest absolute Gasteiger partial charge is 0.347 e. The lowest BCUT2D eigenvalue weighted by Crippen LogP contribution is -2.66. The van der Waals surface area contributed by atoms with Crippen LogP contribution in [0.3, 0.4) is 0 Å². The molecule has 0 fully saturated rings. The van der Waals surface area contributed by atoms with Gasteiger partial charge in [0.05, 0.1) is 12.1 Å². The van der Waals surface area contributed by atoms with E-state index in [0.29, 0.717) is 0 Å². The molecule has 0 spiro atoms. The van der Waals surface area contributed by atoms with Crippen molar-refractivity contribution in [3.63, 3.8) is 0 Å². The average molecular weight is 319 g/mol. The van der Waals surface area contributed by atoms with Crippen molar-refractivity contribution in [2.75, 3.05) is 0 Å². The number of hydrogen-bond acceptors (Lipinski definition) is 2. The highest BCUT2D eigenvalue weighted by Gasteiger charge is 2.68. The summed E-state index contributed by atoms with van der Waals surface area (Å²) in [6.45, 7) is 0. The second-order valence-electron chi connectivity index (χ2n) is 7.62. The summed E-state index contributed by atoms with van der Waals surface area (Å²) in [6, 6.07) is 8.42. The quantitative estimate of drug-likeness (QED) is 0.688. The molecule has 0 radical (unpaired) electrons. The molecule has 0 saturated heterocycles. The second kappa shape index (κ2) is 3.58. The summed E-state index contributed by atoms with van der Waals surface area (Å²) in [6.07, 6.45) is 10.7. The number of hydrogen-bond donors (Lipinski definition) is 0. The minimum atomic E-state index is -0.207. The summed E-state index contributed by atoms with van der Waals surface area (Å²) in [7, 11) is 1.57. The molecule has 7 rings (SSSR count). The SMILES string of the molecule is Cn1c(=O)n2n(c1=O)[C@H]1C=C[C@H]2[C@@]23C=C[C@@]12Cc1ccccc1C3. The molecular formula is C19H17N3O2. The molecule has 1 aromatic carbocycles. The number of fused-ring (bicyclic) bond motifs is 1. The summed E-state index contributed by atoms with van der Waals surface area (Å²) in [4.78, 5) is 25.3. The summed E-state index contributed by atoms with van der Waals surface area (Å²) in [5.74, 6) is 0. The van der Waals surface area contributed by atoms with Crippen LogP contribution < -0.4 is 11.4 Å². The van der Waals surface area contributed by atoms with Crippen LogP contribution in [0, 0.1) is 10.8 Å². The van der Waals surface area contributed by atoms with Gasteiger partial charge in [-0.3, -0.25) is 0 Å². The normalized spacial score (nSPS) is 36.5. The number of rotatable bonds is 0. The molecule has 4 atom stereocenters. The van der Waals surface area contributed by atoms with Gasteiger partial charge in [0, 0.05) is 17.9 Å². The first-order valence-corrected chi connectivity index (χ1v) is 8.45. The Hall–Kier alpha value is -2.56. The zero-order valence-corrected chi connectivity index (χ0v) is 13.3. The molecule has 1 aromatic heterocycles. The molecular weight excluding hydrogens is 302 g/mol. The fourth-order valence-corrected chi connectivity index (χ4v) is 5.68. The van der Waals surface area contributed by atoms with Crippen molar-refractivity contribution in [3.8, 4) is 0 Å². The Morgan fingerprint density at radius 2 is 1.33 bits per heavy atom. The Morgan fingerprint density at radius 1 is 0.875 bits per heavy atom. The Bertz CT molecular complexity index is 1020. The topological polar surface area (TPSA) is 48.9 Å². The van der Waals surface area contributed by atoms with Gasteiger partial charge in [0.1, 0.15) is 0 Å². The molecule has 24 heavy (non-hydrogen) atoms. The van der Waals surface area contributed by atoms with E-state index in [0.717, 1.165) is 12.8 Å². The van der Waals surface area contributed by atoms with Gasteiger partial charge in [-0.1, -0.05) is 48.6 Å². The molecule has 2 bridgehead atoms. The Morgan fingerprint density at radius 3 is 1.75 bits per heavy atom. The van der Waals surface area contributed by atoms with Crippen molar-refractivity contribution in [2.24, 2.45) is 17.9 Å². The lowest BCUT2D eigenvalue weighted by molar-refractivity contribution is -0.0569. The van der Waals surface area contributed by atoms with Crippen molar-refractivity contribution in [1.29, 1.82) is 0 Å². The van der Waals surface area contributed by atoms with Gasteiger partial charge in [-0.25, -0.2) is 23.5 Å². The van der Waals surface area contributed by atoms with Crippen LogP contribution >= 0.6 is 0 Å². The van der Waals surface area contributed by atoms with Gasteiger partial charge >= 0.3 is 11.4 Å². The van der Waals surface area contributed by atoms with E-state index in [9.17, 15) is 9.59 Å². The highest BCUT2D eigenvalue weighted by Crippen LogP contribution is 2.70. The summed E-state index contributed by atoms with van der Waals surface area (Å²) < 4.78 is 4.63. The lowest BCUT2D eigenvalue weighted by Gasteiger charge is -2.67. The van der Waals surface area contributed by atoms with E-state index in [4.69, 9.17) is 0 Å². The van der Waals surface area contributed by atoms with Crippen molar-refractivity contribution in [3.05, 3.63) is 80.7 Å². The van der Waals surface area contributed by atoms with E-state index in [2.05, 4.69) is 48.6 Å². The monoisotopic (exact) mass is 319 g/mol. The van der Waals surface area contributed by atoms with Gasteiger partial charge in [0.25, 0.3) is 0 Å². The molecule has 5 nitrogen and oxygen atoms in total. The molecule has 5 aliphatic rings. The average Bonchev–Trinajstić information content (AvgIpc) is 2.82. The number of benzene rings is 1.